The fourth-order valence-corrected chi connectivity index (χ4v) is 4.81. The van der Waals surface area contributed by atoms with Crippen molar-refractivity contribution in [2.45, 2.75) is 31.1 Å². The highest BCUT2D eigenvalue weighted by molar-refractivity contribution is 7.99. The number of anilines is 1. The Hall–Kier alpha value is -2.69. The van der Waals surface area contributed by atoms with Gasteiger partial charge < -0.3 is 19.9 Å². The van der Waals surface area contributed by atoms with E-state index in [1.54, 1.807) is 67.4 Å². The molecule has 0 aliphatic rings. The van der Waals surface area contributed by atoms with E-state index in [0.717, 1.165) is 5.75 Å². The normalized spacial score (nSPS) is 11.7. The molecule has 3 aromatic rings. The van der Waals surface area contributed by atoms with E-state index >= 15 is 0 Å². The van der Waals surface area contributed by atoms with Gasteiger partial charge in [0.2, 0.25) is 5.91 Å². The number of halogens is 1. The second kappa shape index (κ2) is 13.4. The molecule has 0 aliphatic heterocycles. The Morgan fingerprint density at radius 2 is 1.94 bits per heavy atom. The Labute approximate surface area is 218 Å². The van der Waals surface area contributed by atoms with E-state index in [4.69, 9.17) is 16.3 Å². The number of amides is 2. The topological polar surface area (TPSA) is 98.1 Å². The van der Waals surface area contributed by atoms with Crippen molar-refractivity contribution in [2.24, 2.45) is 0 Å². The standard InChI is InChI=1S/C24H28ClN5O3S2/c1-4-30-22(20(12-13-34-3)27-23(32)16-8-10-19(33-2)11-9-16)28-29-24(30)35-15-21(31)26-18-7-5-6-17(25)14-18/h5-11,14,20H,4,12-13,15H2,1-3H3,(H,26,31)(H,27,32). The summed E-state index contributed by atoms with van der Waals surface area (Å²) >= 11 is 8.98. The predicted octanol–water partition coefficient (Wildman–Crippen LogP) is 4.92. The first-order chi connectivity index (χ1) is 16.9. The second-order valence-electron chi connectivity index (χ2n) is 7.47. The Bertz CT molecular complexity index is 1140. The molecular weight excluding hydrogens is 506 g/mol. The van der Waals surface area contributed by atoms with E-state index in [1.807, 2.05) is 17.7 Å². The van der Waals surface area contributed by atoms with Crippen molar-refractivity contribution in [2.75, 3.05) is 30.2 Å². The van der Waals surface area contributed by atoms with Crippen LogP contribution < -0.4 is 15.4 Å². The monoisotopic (exact) mass is 533 g/mol. The third-order valence-corrected chi connectivity index (χ3v) is 6.93. The summed E-state index contributed by atoms with van der Waals surface area (Å²) in [5.41, 5.74) is 1.17. The van der Waals surface area contributed by atoms with Crippen LogP contribution in [0.5, 0.6) is 5.75 Å². The quantitative estimate of drug-likeness (QED) is 0.319. The molecule has 35 heavy (non-hydrogen) atoms. The summed E-state index contributed by atoms with van der Waals surface area (Å²) in [6.45, 7) is 2.59. The number of ether oxygens (including phenoxy) is 1. The molecule has 0 aliphatic carbocycles. The molecule has 2 amide bonds. The number of aromatic nitrogens is 3. The van der Waals surface area contributed by atoms with Gasteiger partial charge in [0.25, 0.3) is 5.91 Å². The third-order valence-electron chi connectivity index (χ3n) is 5.08. The Kier molecular flexibility index (Phi) is 10.3. The molecule has 1 aromatic heterocycles. The highest BCUT2D eigenvalue weighted by Crippen LogP contribution is 2.24. The second-order valence-corrected chi connectivity index (χ2v) is 9.83. The highest BCUT2D eigenvalue weighted by atomic mass is 35.5. The predicted molar refractivity (Wildman–Crippen MR) is 143 cm³/mol. The van der Waals surface area contributed by atoms with Gasteiger partial charge in [0, 0.05) is 22.8 Å². The zero-order chi connectivity index (χ0) is 25.2. The van der Waals surface area contributed by atoms with Gasteiger partial charge in [-0.2, -0.15) is 11.8 Å². The molecule has 0 spiro atoms. The lowest BCUT2D eigenvalue weighted by molar-refractivity contribution is -0.113. The number of rotatable bonds is 12. The Morgan fingerprint density at radius 1 is 1.17 bits per heavy atom. The maximum Gasteiger partial charge on any atom is 0.251 e. The minimum absolute atomic E-state index is 0.165. The van der Waals surface area contributed by atoms with Gasteiger partial charge in [-0.1, -0.05) is 29.4 Å². The molecular formula is C24H28ClN5O3S2. The molecule has 11 heteroatoms. The largest absolute Gasteiger partial charge is 0.497 e. The molecule has 0 saturated heterocycles. The lowest BCUT2D eigenvalue weighted by Crippen LogP contribution is -2.31. The Balaban J connectivity index is 1.70. The third kappa shape index (κ3) is 7.65. The SMILES string of the molecule is CCn1c(SCC(=O)Nc2cccc(Cl)c2)nnc1C(CCSC)NC(=O)c1ccc(OC)cc1. The number of nitrogens with zero attached hydrogens (tertiary/aromatic N) is 3. The number of methoxy groups -OCH3 is 1. The van der Waals surface area contributed by atoms with Gasteiger partial charge in [-0.3, -0.25) is 9.59 Å². The van der Waals surface area contributed by atoms with Gasteiger partial charge in [-0.05, 0) is 67.8 Å². The number of nitrogens with one attached hydrogen (secondary N) is 2. The van der Waals surface area contributed by atoms with Gasteiger partial charge in [0.1, 0.15) is 5.75 Å². The van der Waals surface area contributed by atoms with Crippen LogP contribution in [0, 0.1) is 0 Å². The number of hydrogen-bond acceptors (Lipinski definition) is 7. The molecule has 0 fully saturated rings. The highest BCUT2D eigenvalue weighted by Gasteiger charge is 2.23. The summed E-state index contributed by atoms with van der Waals surface area (Å²) in [6, 6.07) is 13.6. The first kappa shape index (κ1) is 26.9. The maximum absolute atomic E-state index is 12.9. The van der Waals surface area contributed by atoms with Crippen molar-refractivity contribution >= 4 is 52.6 Å². The molecule has 186 valence electrons. The molecule has 0 saturated carbocycles. The lowest BCUT2D eigenvalue weighted by Gasteiger charge is -2.19. The number of carbonyl (C=O) groups excluding carboxylic acids is 2. The first-order valence-electron chi connectivity index (χ1n) is 11.0. The van der Waals surface area contributed by atoms with Gasteiger partial charge in [0.05, 0.1) is 18.9 Å². The molecule has 2 N–H and O–H groups in total. The fraction of sp³-hybridized carbons (Fsp3) is 0.333. The summed E-state index contributed by atoms with van der Waals surface area (Å²) in [4.78, 5) is 25.4. The van der Waals surface area contributed by atoms with Crippen LogP contribution in [0.25, 0.3) is 0 Å². The van der Waals surface area contributed by atoms with Crippen molar-refractivity contribution in [3.8, 4) is 5.75 Å². The van der Waals surface area contributed by atoms with Crippen molar-refractivity contribution in [1.29, 1.82) is 0 Å². The summed E-state index contributed by atoms with van der Waals surface area (Å²) in [5, 5.41) is 15.8. The molecule has 1 unspecified atom stereocenters. The molecule has 0 bridgehead atoms. The van der Waals surface area contributed by atoms with Crippen LogP contribution >= 0.6 is 35.1 Å². The van der Waals surface area contributed by atoms with E-state index in [0.29, 0.717) is 46.0 Å². The molecule has 1 atom stereocenters. The number of hydrogen-bond donors (Lipinski definition) is 2. The average molecular weight is 534 g/mol. The van der Waals surface area contributed by atoms with Gasteiger partial charge in [-0.15, -0.1) is 10.2 Å². The Morgan fingerprint density at radius 3 is 2.60 bits per heavy atom. The van der Waals surface area contributed by atoms with Crippen molar-refractivity contribution < 1.29 is 14.3 Å². The van der Waals surface area contributed by atoms with E-state index in [1.165, 1.54) is 11.8 Å². The van der Waals surface area contributed by atoms with Crippen LogP contribution in [-0.4, -0.2) is 51.5 Å². The summed E-state index contributed by atoms with van der Waals surface area (Å²) < 4.78 is 7.11. The van der Waals surface area contributed by atoms with Crippen molar-refractivity contribution in [3.63, 3.8) is 0 Å². The number of carbonyl (C=O) groups is 2. The smallest absolute Gasteiger partial charge is 0.251 e. The van der Waals surface area contributed by atoms with E-state index in [-0.39, 0.29) is 23.6 Å². The van der Waals surface area contributed by atoms with Crippen molar-refractivity contribution in [3.05, 3.63) is 64.9 Å². The minimum Gasteiger partial charge on any atom is -0.497 e. The van der Waals surface area contributed by atoms with Crippen LogP contribution in [-0.2, 0) is 11.3 Å². The fourth-order valence-electron chi connectivity index (χ4n) is 3.34. The van der Waals surface area contributed by atoms with Crippen molar-refractivity contribution in [1.82, 2.24) is 20.1 Å². The van der Waals surface area contributed by atoms with E-state index in [9.17, 15) is 9.59 Å². The zero-order valence-corrected chi connectivity index (χ0v) is 22.2. The number of benzene rings is 2. The van der Waals surface area contributed by atoms with Crippen LogP contribution in [0.1, 0.15) is 35.6 Å². The minimum atomic E-state index is -0.320. The average Bonchev–Trinajstić information content (AvgIpc) is 3.28. The van der Waals surface area contributed by atoms with Crippen LogP contribution in [0.2, 0.25) is 5.02 Å². The van der Waals surface area contributed by atoms with Gasteiger partial charge >= 0.3 is 0 Å². The van der Waals surface area contributed by atoms with E-state index < -0.39 is 0 Å². The van der Waals surface area contributed by atoms with Crippen LogP contribution in [0.3, 0.4) is 0 Å². The van der Waals surface area contributed by atoms with Gasteiger partial charge in [-0.25, -0.2) is 0 Å². The molecule has 3 rings (SSSR count). The zero-order valence-electron chi connectivity index (χ0n) is 19.8. The summed E-state index contributed by atoms with van der Waals surface area (Å²) in [6.07, 6.45) is 2.72. The van der Waals surface area contributed by atoms with Gasteiger partial charge in [0.15, 0.2) is 11.0 Å². The summed E-state index contributed by atoms with van der Waals surface area (Å²) in [7, 11) is 1.58. The molecule has 0 radical (unpaired) electrons. The number of thioether (sulfide) groups is 2. The molecule has 8 nitrogen and oxygen atoms in total. The van der Waals surface area contributed by atoms with Crippen LogP contribution in [0.15, 0.2) is 53.7 Å². The maximum atomic E-state index is 12.9. The molecule has 1 heterocycles. The van der Waals surface area contributed by atoms with Crippen LogP contribution in [0.4, 0.5) is 5.69 Å². The molecule has 2 aromatic carbocycles. The summed E-state index contributed by atoms with van der Waals surface area (Å²) in [5.74, 6) is 2.00. The lowest BCUT2D eigenvalue weighted by atomic mass is 10.1. The first-order valence-corrected chi connectivity index (χ1v) is 13.8. The van der Waals surface area contributed by atoms with E-state index in [2.05, 4.69) is 20.8 Å².